The van der Waals surface area contributed by atoms with Gasteiger partial charge in [-0.3, -0.25) is 9.78 Å². The van der Waals surface area contributed by atoms with Gasteiger partial charge in [-0.15, -0.1) is 0 Å². The molecule has 22 heavy (non-hydrogen) atoms. The van der Waals surface area contributed by atoms with Gasteiger partial charge in [-0.25, -0.2) is 9.78 Å². The van der Waals surface area contributed by atoms with Gasteiger partial charge in [0, 0.05) is 12.4 Å². The molecule has 0 radical (unpaired) electrons. The van der Waals surface area contributed by atoms with Crippen LogP contribution in [0.4, 0.5) is 5.69 Å². The van der Waals surface area contributed by atoms with E-state index >= 15 is 0 Å². The first-order valence-corrected chi connectivity index (χ1v) is 7.02. The van der Waals surface area contributed by atoms with Crippen molar-refractivity contribution >= 4 is 29.2 Å². The maximum absolute atomic E-state index is 12.1. The first-order valence-electron chi connectivity index (χ1n) is 6.64. The first kappa shape index (κ1) is 15.9. The van der Waals surface area contributed by atoms with Gasteiger partial charge >= 0.3 is 5.97 Å². The lowest BCUT2D eigenvalue weighted by Crippen LogP contribution is -2.32. The van der Waals surface area contributed by atoms with E-state index in [4.69, 9.17) is 16.3 Å². The molecule has 2 aromatic heterocycles. The lowest BCUT2D eigenvalue weighted by molar-refractivity contribution is -0.124. The molecule has 2 aromatic rings. The summed E-state index contributed by atoms with van der Waals surface area (Å²) in [6.45, 7) is 1.74. The van der Waals surface area contributed by atoms with Crippen molar-refractivity contribution in [2.75, 3.05) is 5.32 Å². The van der Waals surface area contributed by atoms with Crippen LogP contribution >= 0.6 is 11.6 Å². The second-order valence-corrected chi connectivity index (χ2v) is 4.73. The van der Waals surface area contributed by atoms with Gasteiger partial charge in [-0.1, -0.05) is 18.5 Å². The van der Waals surface area contributed by atoms with Crippen molar-refractivity contribution in [1.29, 1.82) is 0 Å². The third-order valence-corrected chi connectivity index (χ3v) is 3.12. The van der Waals surface area contributed by atoms with Crippen LogP contribution in [0.1, 0.15) is 23.7 Å². The minimum absolute atomic E-state index is 0.0371. The van der Waals surface area contributed by atoms with Gasteiger partial charge in [0.1, 0.15) is 5.15 Å². The van der Waals surface area contributed by atoms with Gasteiger partial charge in [0.25, 0.3) is 5.91 Å². The number of nitrogens with one attached hydrogen (secondary N) is 1. The summed E-state index contributed by atoms with van der Waals surface area (Å²) in [6, 6.07) is 6.44. The average molecular weight is 320 g/mol. The van der Waals surface area contributed by atoms with Gasteiger partial charge in [0.2, 0.25) is 0 Å². The highest BCUT2D eigenvalue weighted by atomic mass is 35.5. The lowest BCUT2D eigenvalue weighted by atomic mass is 10.2. The van der Waals surface area contributed by atoms with Crippen LogP contribution in [0.15, 0.2) is 42.9 Å². The van der Waals surface area contributed by atoms with Crippen LogP contribution in [0, 0.1) is 0 Å². The summed E-state index contributed by atoms with van der Waals surface area (Å²) in [5, 5.41) is 2.67. The average Bonchev–Trinajstić information content (AvgIpc) is 2.53. The van der Waals surface area contributed by atoms with Crippen molar-refractivity contribution in [3.63, 3.8) is 0 Å². The summed E-state index contributed by atoms with van der Waals surface area (Å²) in [7, 11) is 0. The molecular weight excluding hydrogens is 306 g/mol. The molecule has 1 atom stereocenters. The van der Waals surface area contributed by atoms with Crippen LogP contribution < -0.4 is 5.32 Å². The number of carbonyl (C=O) groups excluding carboxylic acids is 2. The summed E-state index contributed by atoms with van der Waals surface area (Å²) in [5.41, 5.74) is 0.651. The van der Waals surface area contributed by atoms with E-state index in [-0.39, 0.29) is 10.7 Å². The molecule has 1 N–H and O–H groups in total. The fourth-order valence-electron chi connectivity index (χ4n) is 1.71. The number of rotatable bonds is 5. The van der Waals surface area contributed by atoms with Crippen LogP contribution in [0.3, 0.4) is 0 Å². The zero-order valence-corrected chi connectivity index (χ0v) is 12.6. The molecule has 1 amide bonds. The zero-order chi connectivity index (χ0) is 15.9. The molecule has 0 fully saturated rings. The number of halogens is 1. The van der Waals surface area contributed by atoms with Crippen molar-refractivity contribution in [2.24, 2.45) is 0 Å². The minimum Gasteiger partial charge on any atom is -0.449 e. The first-order chi connectivity index (χ1) is 10.6. The van der Waals surface area contributed by atoms with Crippen molar-refractivity contribution in [3.8, 4) is 0 Å². The van der Waals surface area contributed by atoms with Crippen LogP contribution in [-0.2, 0) is 9.53 Å². The molecule has 0 aliphatic rings. The van der Waals surface area contributed by atoms with Gasteiger partial charge in [0.15, 0.2) is 6.10 Å². The Bertz CT molecular complexity index is 664. The minimum atomic E-state index is -0.927. The zero-order valence-electron chi connectivity index (χ0n) is 11.8. The number of carbonyl (C=O) groups is 2. The summed E-state index contributed by atoms with van der Waals surface area (Å²) >= 11 is 5.83. The number of pyridine rings is 2. The van der Waals surface area contributed by atoms with E-state index in [1.54, 1.807) is 31.3 Å². The Morgan fingerprint density at radius 1 is 1.32 bits per heavy atom. The number of amides is 1. The highest BCUT2D eigenvalue weighted by Gasteiger charge is 2.23. The summed E-state index contributed by atoms with van der Waals surface area (Å²) in [6.07, 6.45) is 3.97. The van der Waals surface area contributed by atoms with E-state index in [0.29, 0.717) is 12.1 Å². The Morgan fingerprint density at radius 2 is 2.09 bits per heavy atom. The maximum Gasteiger partial charge on any atom is 0.342 e. The van der Waals surface area contributed by atoms with Crippen LogP contribution in [0.5, 0.6) is 0 Å². The maximum atomic E-state index is 12.1. The quantitative estimate of drug-likeness (QED) is 0.677. The molecule has 0 bridgehead atoms. The number of esters is 1. The SMILES string of the molecule is CCC(OC(=O)c1cccnc1Cl)C(=O)Nc1cccnc1. The van der Waals surface area contributed by atoms with Gasteiger partial charge in [-0.2, -0.15) is 0 Å². The number of nitrogens with zero attached hydrogens (tertiary/aromatic N) is 2. The Balaban J connectivity index is 2.04. The van der Waals surface area contributed by atoms with E-state index < -0.39 is 18.0 Å². The predicted molar refractivity (Wildman–Crippen MR) is 81.6 cm³/mol. The number of aromatic nitrogens is 2. The highest BCUT2D eigenvalue weighted by molar-refractivity contribution is 6.32. The van der Waals surface area contributed by atoms with E-state index in [2.05, 4.69) is 15.3 Å². The second-order valence-electron chi connectivity index (χ2n) is 4.37. The number of anilines is 1. The Labute approximate surface area is 132 Å². The molecule has 1 unspecified atom stereocenters. The van der Waals surface area contributed by atoms with Crippen molar-refractivity contribution in [2.45, 2.75) is 19.4 Å². The Morgan fingerprint density at radius 3 is 2.73 bits per heavy atom. The molecule has 0 saturated carbocycles. The van der Waals surface area contributed by atoms with Gasteiger partial charge < -0.3 is 10.1 Å². The fraction of sp³-hybridized carbons (Fsp3) is 0.200. The van der Waals surface area contributed by atoms with E-state index in [1.165, 1.54) is 18.5 Å². The van der Waals surface area contributed by atoms with Crippen molar-refractivity contribution < 1.29 is 14.3 Å². The van der Waals surface area contributed by atoms with Gasteiger partial charge in [0.05, 0.1) is 17.4 Å². The summed E-state index contributed by atoms with van der Waals surface area (Å²) < 4.78 is 5.20. The van der Waals surface area contributed by atoms with Crippen molar-refractivity contribution in [3.05, 3.63) is 53.6 Å². The molecule has 114 valence electrons. The number of ether oxygens (including phenoxy) is 1. The van der Waals surface area contributed by atoms with Crippen LogP contribution in [-0.4, -0.2) is 27.9 Å². The molecular formula is C15H14ClN3O3. The molecule has 0 spiro atoms. The third-order valence-electron chi connectivity index (χ3n) is 2.82. The van der Waals surface area contributed by atoms with Gasteiger partial charge in [-0.05, 0) is 30.7 Å². The molecule has 2 heterocycles. The highest BCUT2D eigenvalue weighted by Crippen LogP contribution is 2.15. The fourth-order valence-corrected chi connectivity index (χ4v) is 1.91. The Kier molecular flexibility index (Phi) is 5.43. The van der Waals surface area contributed by atoms with E-state index in [9.17, 15) is 9.59 Å². The summed E-state index contributed by atoms with van der Waals surface area (Å²) in [5.74, 6) is -1.12. The molecule has 0 aliphatic heterocycles. The summed E-state index contributed by atoms with van der Waals surface area (Å²) in [4.78, 5) is 31.9. The number of hydrogen-bond donors (Lipinski definition) is 1. The molecule has 2 rings (SSSR count). The Hall–Kier alpha value is -2.47. The van der Waals surface area contributed by atoms with Crippen LogP contribution in [0.2, 0.25) is 5.15 Å². The predicted octanol–water partition coefficient (Wildman–Crippen LogP) is 2.70. The van der Waals surface area contributed by atoms with E-state index in [1.807, 2.05) is 0 Å². The molecule has 0 aromatic carbocycles. The van der Waals surface area contributed by atoms with E-state index in [0.717, 1.165) is 0 Å². The smallest absolute Gasteiger partial charge is 0.342 e. The number of hydrogen-bond acceptors (Lipinski definition) is 5. The standard InChI is InChI=1S/C15H14ClN3O3/c1-2-12(14(20)19-10-5-3-7-17-9-10)22-15(21)11-6-4-8-18-13(11)16/h3-9,12H,2H2,1H3,(H,19,20). The van der Waals surface area contributed by atoms with Crippen LogP contribution in [0.25, 0.3) is 0 Å². The second kappa shape index (κ2) is 7.51. The molecule has 0 aliphatic carbocycles. The molecule has 6 nitrogen and oxygen atoms in total. The molecule has 7 heteroatoms. The van der Waals surface area contributed by atoms with Crippen molar-refractivity contribution in [1.82, 2.24) is 9.97 Å². The normalized spacial score (nSPS) is 11.5. The monoisotopic (exact) mass is 319 g/mol. The molecule has 0 saturated heterocycles. The largest absolute Gasteiger partial charge is 0.449 e. The topological polar surface area (TPSA) is 81.2 Å². The lowest BCUT2D eigenvalue weighted by Gasteiger charge is -2.16. The third kappa shape index (κ3) is 4.02.